The molecule has 0 unspecified atom stereocenters. The first-order valence-corrected chi connectivity index (χ1v) is 8.25. The molecule has 11 heteroatoms. The molecule has 6 nitrogen and oxygen atoms in total. The van der Waals surface area contributed by atoms with Gasteiger partial charge in [-0.15, -0.1) is 12.4 Å². The summed E-state index contributed by atoms with van der Waals surface area (Å²) in [7, 11) is 4.48. The SMILES string of the molecule is CN(C)C(=O)N(C)C(=O)N1CCN(c2ccc(Cl)c(C(F)(F)F)c2)CC1.Cl. The zero-order valence-electron chi connectivity index (χ0n) is 15.1. The van der Waals surface area contributed by atoms with Gasteiger partial charge in [0.1, 0.15) is 0 Å². The standard InChI is InChI=1S/C16H20ClF3N4O2.ClH/c1-21(2)14(25)22(3)15(26)24-8-6-23(7-9-24)11-4-5-13(17)12(10-11)16(18,19)20;/h4-5,10H,6-9H2,1-3H3;1H. The molecule has 152 valence electrons. The van der Waals surface area contributed by atoms with Gasteiger partial charge < -0.3 is 14.7 Å². The van der Waals surface area contributed by atoms with Gasteiger partial charge in [-0.2, -0.15) is 13.2 Å². The van der Waals surface area contributed by atoms with Gasteiger partial charge in [0.15, 0.2) is 0 Å². The molecular weight excluding hydrogens is 408 g/mol. The molecule has 4 amide bonds. The van der Waals surface area contributed by atoms with Crippen molar-refractivity contribution >= 4 is 41.8 Å². The van der Waals surface area contributed by atoms with Gasteiger partial charge in [0.05, 0.1) is 10.6 Å². The summed E-state index contributed by atoms with van der Waals surface area (Å²) in [4.78, 5) is 29.7. The largest absolute Gasteiger partial charge is 0.417 e. The fraction of sp³-hybridized carbons (Fsp3) is 0.500. The minimum absolute atomic E-state index is 0. The third-order valence-corrected chi connectivity index (χ3v) is 4.46. The van der Waals surface area contributed by atoms with Crippen LogP contribution in [0.25, 0.3) is 0 Å². The molecule has 1 saturated heterocycles. The highest BCUT2D eigenvalue weighted by Crippen LogP contribution is 2.37. The van der Waals surface area contributed by atoms with E-state index in [1.165, 1.54) is 29.0 Å². The van der Waals surface area contributed by atoms with E-state index >= 15 is 0 Å². The average Bonchev–Trinajstić information content (AvgIpc) is 2.59. The van der Waals surface area contributed by atoms with Crippen molar-refractivity contribution in [3.05, 3.63) is 28.8 Å². The van der Waals surface area contributed by atoms with E-state index in [2.05, 4.69) is 0 Å². The summed E-state index contributed by atoms with van der Waals surface area (Å²) in [6.07, 6.45) is -4.53. The first-order valence-electron chi connectivity index (χ1n) is 7.88. The lowest BCUT2D eigenvalue weighted by atomic mass is 10.1. The molecule has 27 heavy (non-hydrogen) atoms. The molecular formula is C16H21Cl2F3N4O2. The number of carbonyl (C=O) groups excluding carboxylic acids is 2. The number of imide groups is 1. The molecule has 0 N–H and O–H groups in total. The summed E-state index contributed by atoms with van der Waals surface area (Å²) < 4.78 is 39.0. The Kier molecular flexibility index (Phi) is 7.62. The normalized spacial score (nSPS) is 14.5. The smallest absolute Gasteiger partial charge is 0.368 e. The summed E-state index contributed by atoms with van der Waals surface area (Å²) in [5.41, 5.74) is -0.488. The molecule has 0 aromatic heterocycles. The second-order valence-electron chi connectivity index (χ2n) is 6.15. The van der Waals surface area contributed by atoms with Crippen LogP contribution in [0.5, 0.6) is 0 Å². The molecule has 0 bridgehead atoms. The minimum atomic E-state index is -4.53. The van der Waals surface area contributed by atoms with E-state index in [-0.39, 0.29) is 17.4 Å². The molecule has 2 rings (SSSR count). The van der Waals surface area contributed by atoms with Crippen molar-refractivity contribution in [2.75, 3.05) is 52.2 Å². The maximum absolute atomic E-state index is 13.0. The number of piperazine rings is 1. The molecule has 1 fully saturated rings. The van der Waals surface area contributed by atoms with E-state index in [0.29, 0.717) is 31.9 Å². The predicted octanol–water partition coefficient (Wildman–Crippen LogP) is 3.64. The fourth-order valence-electron chi connectivity index (χ4n) is 2.68. The van der Waals surface area contributed by atoms with Crippen LogP contribution in [0.3, 0.4) is 0 Å². The van der Waals surface area contributed by atoms with Crippen molar-refractivity contribution in [2.24, 2.45) is 0 Å². The lowest BCUT2D eigenvalue weighted by Gasteiger charge is -2.37. The molecule has 1 aromatic rings. The van der Waals surface area contributed by atoms with E-state index < -0.39 is 23.8 Å². The van der Waals surface area contributed by atoms with E-state index in [1.807, 2.05) is 0 Å². The van der Waals surface area contributed by atoms with Gasteiger partial charge in [-0.25, -0.2) is 14.5 Å². The number of benzene rings is 1. The maximum atomic E-state index is 13.0. The highest BCUT2D eigenvalue weighted by atomic mass is 35.5. The number of anilines is 1. The Morgan fingerprint density at radius 2 is 1.63 bits per heavy atom. The van der Waals surface area contributed by atoms with Crippen molar-refractivity contribution < 1.29 is 22.8 Å². The second kappa shape index (κ2) is 8.88. The van der Waals surface area contributed by atoms with Crippen molar-refractivity contribution in [1.82, 2.24) is 14.7 Å². The van der Waals surface area contributed by atoms with Gasteiger partial charge in [0.25, 0.3) is 0 Å². The fourth-order valence-corrected chi connectivity index (χ4v) is 2.90. The first kappa shape index (κ1) is 23.2. The first-order chi connectivity index (χ1) is 12.0. The van der Waals surface area contributed by atoms with Gasteiger partial charge >= 0.3 is 18.2 Å². The van der Waals surface area contributed by atoms with E-state index in [1.54, 1.807) is 19.0 Å². The van der Waals surface area contributed by atoms with E-state index in [4.69, 9.17) is 11.6 Å². The Morgan fingerprint density at radius 3 is 2.11 bits per heavy atom. The number of halogens is 5. The highest BCUT2D eigenvalue weighted by Gasteiger charge is 2.34. The summed E-state index contributed by atoms with van der Waals surface area (Å²) in [6.45, 7) is 1.31. The second-order valence-corrected chi connectivity index (χ2v) is 6.56. The van der Waals surface area contributed by atoms with Crippen LogP contribution in [0.1, 0.15) is 5.56 Å². The lowest BCUT2D eigenvalue weighted by Crippen LogP contribution is -2.54. The monoisotopic (exact) mass is 428 g/mol. The quantitative estimate of drug-likeness (QED) is 0.685. The molecule has 1 heterocycles. The number of rotatable bonds is 1. The van der Waals surface area contributed by atoms with Crippen molar-refractivity contribution in [1.29, 1.82) is 0 Å². The lowest BCUT2D eigenvalue weighted by molar-refractivity contribution is -0.137. The van der Waals surface area contributed by atoms with Gasteiger partial charge in [-0.1, -0.05) is 11.6 Å². The summed E-state index contributed by atoms with van der Waals surface area (Å²) in [6, 6.07) is 2.89. The van der Waals surface area contributed by atoms with Crippen molar-refractivity contribution in [3.63, 3.8) is 0 Å². The van der Waals surface area contributed by atoms with E-state index in [9.17, 15) is 22.8 Å². The number of nitrogens with zero attached hydrogens (tertiary/aromatic N) is 4. The Balaban J connectivity index is 0.00000364. The molecule has 1 aliphatic rings. The third kappa shape index (κ3) is 5.32. The third-order valence-electron chi connectivity index (χ3n) is 4.13. The van der Waals surface area contributed by atoms with Crippen molar-refractivity contribution in [3.8, 4) is 0 Å². The Morgan fingerprint density at radius 1 is 1.07 bits per heavy atom. The van der Waals surface area contributed by atoms with Crippen LogP contribution >= 0.6 is 24.0 Å². The van der Waals surface area contributed by atoms with Crippen molar-refractivity contribution in [2.45, 2.75) is 6.18 Å². The molecule has 0 atom stereocenters. The van der Waals surface area contributed by atoms with Crippen LogP contribution < -0.4 is 4.90 Å². The number of amides is 4. The van der Waals surface area contributed by atoms with E-state index in [0.717, 1.165) is 11.0 Å². The Bertz CT molecular complexity index is 693. The Labute approximate surface area is 166 Å². The maximum Gasteiger partial charge on any atom is 0.417 e. The number of urea groups is 2. The van der Waals surface area contributed by atoms with Gasteiger partial charge in [0, 0.05) is 53.0 Å². The number of hydrogen-bond acceptors (Lipinski definition) is 3. The van der Waals surface area contributed by atoms with Gasteiger partial charge in [-0.05, 0) is 18.2 Å². The van der Waals surface area contributed by atoms with Gasteiger partial charge in [-0.3, -0.25) is 0 Å². The summed E-state index contributed by atoms with van der Waals surface area (Å²) >= 11 is 5.64. The number of alkyl halides is 3. The molecule has 0 radical (unpaired) electrons. The summed E-state index contributed by atoms with van der Waals surface area (Å²) in [5.74, 6) is 0. The van der Waals surface area contributed by atoms with Gasteiger partial charge in [0.2, 0.25) is 0 Å². The number of hydrogen-bond donors (Lipinski definition) is 0. The molecule has 0 spiro atoms. The van der Waals surface area contributed by atoms with Crippen LogP contribution in [-0.2, 0) is 6.18 Å². The van der Waals surface area contributed by atoms with Crippen LogP contribution in [0, 0.1) is 0 Å². The van der Waals surface area contributed by atoms with Crippen LogP contribution in [0.2, 0.25) is 5.02 Å². The molecule has 0 aliphatic carbocycles. The zero-order chi connectivity index (χ0) is 19.6. The minimum Gasteiger partial charge on any atom is -0.368 e. The summed E-state index contributed by atoms with van der Waals surface area (Å²) in [5, 5.41) is -0.348. The Hall–Kier alpha value is -1.87. The topological polar surface area (TPSA) is 47.1 Å². The number of carbonyl (C=O) groups is 2. The molecule has 1 aliphatic heterocycles. The highest BCUT2D eigenvalue weighted by molar-refractivity contribution is 6.31. The van der Waals surface area contributed by atoms with Crippen LogP contribution in [0.15, 0.2) is 18.2 Å². The molecule has 1 aromatic carbocycles. The molecule has 0 saturated carbocycles. The zero-order valence-corrected chi connectivity index (χ0v) is 16.7. The van der Waals surface area contributed by atoms with Crippen LogP contribution in [0.4, 0.5) is 28.4 Å². The predicted molar refractivity (Wildman–Crippen MR) is 99.7 cm³/mol. The average molecular weight is 429 g/mol. The van der Waals surface area contributed by atoms with Crippen LogP contribution in [-0.4, -0.2) is 74.1 Å².